The summed E-state index contributed by atoms with van der Waals surface area (Å²) in [5, 5.41) is 14.2. The van der Waals surface area contributed by atoms with Crippen molar-refractivity contribution in [3.63, 3.8) is 0 Å². The van der Waals surface area contributed by atoms with Crippen molar-refractivity contribution in [2.24, 2.45) is 0 Å². The molecular weight excluding hydrogens is 302 g/mol. The van der Waals surface area contributed by atoms with Crippen molar-refractivity contribution in [2.75, 3.05) is 6.54 Å². The van der Waals surface area contributed by atoms with Crippen molar-refractivity contribution in [2.45, 2.75) is 12.5 Å². The normalized spacial score (nSPS) is 13.9. The van der Waals surface area contributed by atoms with Crippen LogP contribution in [0.1, 0.15) is 18.2 Å². The standard InChI is InChI=1S/C20H19NO3/c1-20(23,18-13-16-9-5-6-10-17(16)24-18)14-21-19(22)12-11-15-7-3-2-4-8-15/h2-13,23H,14H2,1H3,(H,21,22)/b12-11+. The second-order valence-electron chi connectivity index (χ2n) is 5.88. The molecule has 3 aromatic rings. The van der Waals surface area contributed by atoms with Crippen LogP contribution in [0.2, 0.25) is 0 Å². The first-order valence-electron chi connectivity index (χ1n) is 7.77. The van der Waals surface area contributed by atoms with Crippen molar-refractivity contribution in [1.82, 2.24) is 5.32 Å². The molecule has 0 aliphatic carbocycles. The largest absolute Gasteiger partial charge is 0.458 e. The Morgan fingerprint density at radius 3 is 2.62 bits per heavy atom. The Morgan fingerprint density at radius 1 is 1.17 bits per heavy atom. The van der Waals surface area contributed by atoms with Crippen molar-refractivity contribution < 1.29 is 14.3 Å². The van der Waals surface area contributed by atoms with E-state index in [1.807, 2.05) is 54.6 Å². The first-order chi connectivity index (χ1) is 11.5. The number of aliphatic hydroxyl groups is 1. The van der Waals surface area contributed by atoms with Gasteiger partial charge in [0.25, 0.3) is 0 Å². The van der Waals surface area contributed by atoms with Crippen LogP contribution in [0.4, 0.5) is 0 Å². The Bertz CT molecular complexity index is 830. The maximum absolute atomic E-state index is 11.9. The molecule has 2 aromatic carbocycles. The summed E-state index contributed by atoms with van der Waals surface area (Å²) in [6, 6.07) is 18.9. The van der Waals surface area contributed by atoms with E-state index >= 15 is 0 Å². The molecule has 0 aliphatic heterocycles. The Balaban J connectivity index is 1.64. The van der Waals surface area contributed by atoms with Gasteiger partial charge in [0.1, 0.15) is 16.9 Å². The van der Waals surface area contributed by atoms with Crippen LogP contribution < -0.4 is 5.32 Å². The van der Waals surface area contributed by atoms with Gasteiger partial charge in [-0.25, -0.2) is 0 Å². The number of furan rings is 1. The molecular formula is C20H19NO3. The molecule has 4 nitrogen and oxygen atoms in total. The first-order valence-corrected chi connectivity index (χ1v) is 7.77. The van der Waals surface area contributed by atoms with E-state index in [-0.39, 0.29) is 12.5 Å². The summed E-state index contributed by atoms with van der Waals surface area (Å²) in [6.07, 6.45) is 3.18. The summed E-state index contributed by atoms with van der Waals surface area (Å²) < 4.78 is 5.68. The molecule has 0 aliphatic rings. The van der Waals surface area contributed by atoms with E-state index in [0.717, 1.165) is 10.9 Å². The van der Waals surface area contributed by atoms with Crippen LogP contribution in [-0.4, -0.2) is 17.6 Å². The molecule has 3 rings (SSSR count). The molecule has 0 fully saturated rings. The zero-order valence-electron chi connectivity index (χ0n) is 13.4. The maximum Gasteiger partial charge on any atom is 0.244 e. The molecule has 0 saturated carbocycles. The third-order valence-corrected chi connectivity index (χ3v) is 3.79. The molecule has 4 heteroatoms. The van der Waals surface area contributed by atoms with E-state index in [9.17, 15) is 9.90 Å². The van der Waals surface area contributed by atoms with Crippen molar-refractivity contribution in [3.8, 4) is 0 Å². The average Bonchev–Trinajstić information content (AvgIpc) is 3.04. The predicted octanol–water partition coefficient (Wildman–Crippen LogP) is 3.47. The van der Waals surface area contributed by atoms with Crippen LogP contribution in [0.3, 0.4) is 0 Å². The fraction of sp³-hybridized carbons (Fsp3) is 0.150. The third kappa shape index (κ3) is 3.73. The average molecular weight is 321 g/mol. The van der Waals surface area contributed by atoms with E-state index in [1.54, 1.807) is 19.1 Å². The first kappa shape index (κ1) is 16.0. The number of amides is 1. The molecule has 1 aromatic heterocycles. The monoisotopic (exact) mass is 321 g/mol. The summed E-state index contributed by atoms with van der Waals surface area (Å²) in [4.78, 5) is 11.9. The van der Waals surface area contributed by atoms with Gasteiger partial charge in [0, 0.05) is 11.5 Å². The van der Waals surface area contributed by atoms with Crippen LogP contribution in [0.15, 0.2) is 71.2 Å². The molecule has 1 amide bonds. The molecule has 1 unspecified atom stereocenters. The molecule has 0 bridgehead atoms. The van der Waals surface area contributed by atoms with Gasteiger partial charge in [-0.15, -0.1) is 0 Å². The van der Waals surface area contributed by atoms with E-state index in [4.69, 9.17) is 4.42 Å². The molecule has 0 saturated heterocycles. The SMILES string of the molecule is CC(O)(CNC(=O)/C=C/c1ccccc1)c1cc2ccccc2o1. The summed E-state index contributed by atoms with van der Waals surface area (Å²) in [6.45, 7) is 1.68. The minimum atomic E-state index is -1.28. The van der Waals surface area contributed by atoms with Gasteiger partial charge in [-0.2, -0.15) is 0 Å². The Kier molecular flexibility index (Phi) is 4.49. The highest BCUT2D eigenvalue weighted by atomic mass is 16.4. The lowest BCUT2D eigenvalue weighted by atomic mass is 10.0. The lowest BCUT2D eigenvalue weighted by Gasteiger charge is -2.20. The van der Waals surface area contributed by atoms with Gasteiger partial charge in [-0.1, -0.05) is 48.5 Å². The van der Waals surface area contributed by atoms with Crippen molar-refractivity contribution >= 4 is 23.0 Å². The summed E-state index contributed by atoms with van der Waals surface area (Å²) in [7, 11) is 0. The van der Waals surface area contributed by atoms with Gasteiger partial charge in [0.15, 0.2) is 0 Å². The number of fused-ring (bicyclic) bond motifs is 1. The van der Waals surface area contributed by atoms with E-state index < -0.39 is 5.60 Å². The van der Waals surface area contributed by atoms with Crippen LogP contribution in [-0.2, 0) is 10.4 Å². The second kappa shape index (κ2) is 6.72. The van der Waals surface area contributed by atoms with Gasteiger partial charge in [-0.05, 0) is 30.7 Å². The minimum absolute atomic E-state index is 0.0603. The third-order valence-electron chi connectivity index (χ3n) is 3.79. The number of hydrogen-bond acceptors (Lipinski definition) is 3. The zero-order valence-corrected chi connectivity index (χ0v) is 13.4. The highest BCUT2D eigenvalue weighted by molar-refractivity contribution is 5.91. The Labute approximate surface area is 140 Å². The van der Waals surface area contributed by atoms with Gasteiger partial charge in [0.05, 0.1) is 6.54 Å². The molecule has 1 atom stereocenters. The summed E-state index contributed by atoms with van der Waals surface area (Å²) >= 11 is 0. The number of rotatable bonds is 5. The van der Waals surface area contributed by atoms with Crippen LogP contribution in [0.25, 0.3) is 17.0 Å². The fourth-order valence-electron chi connectivity index (χ4n) is 2.39. The summed E-state index contributed by atoms with van der Waals surface area (Å²) in [5.74, 6) is 0.159. The number of carbonyl (C=O) groups is 1. The number of hydrogen-bond donors (Lipinski definition) is 2. The quantitative estimate of drug-likeness (QED) is 0.707. The van der Waals surface area contributed by atoms with Crippen molar-refractivity contribution in [1.29, 1.82) is 0 Å². The molecule has 122 valence electrons. The fourth-order valence-corrected chi connectivity index (χ4v) is 2.39. The number of carbonyl (C=O) groups excluding carboxylic acids is 1. The molecule has 1 heterocycles. The van der Waals surface area contributed by atoms with Crippen LogP contribution in [0.5, 0.6) is 0 Å². The topological polar surface area (TPSA) is 62.5 Å². The van der Waals surface area contributed by atoms with Crippen LogP contribution in [0, 0.1) is 0 Å². The lowest BCUT2D eigenvalue weighted by molar-refractivity contribution is -0.117. The number of para-hydroxylation sites is 1. The highest BCUT2D eigenvalue weighted by Gasteiger charge is 2.27. The molecule has 2 N–H and O–H groups in total. The van der Waals surface area contributed by atoms with Crippen LogP contribution >= 0.6 is 0 Å². The van der Waals surface area contributed by atoms with Gasteiger partial charge < -0.3 is 14.8 Å². The molecule has 0 spiro atoms. The number of benzene rings is 2. The Morgan fingerprint density at radius 2 is 1.88 bits per heavy atom. The molecule has 24 heavy (non-hydrogen) atoms. The second-order valence-corrected chi connectivity index (χ2v) is 5.88. The highest BCUT2D eigenvalue weighted by Crippen LogP contribution is 2.27. The summed E-state index contributed by atoms with van der Waals surface area (Å²) in [5.41, 5.74) is 0.370. The predicted molar refractivity (Wildman–Crippen MR) is 94.3 cm³/mol. The van der Waals surface area contributed by atoms with Gasteiger partial charge >= 0.3 is 0 Å². The smallest absolute Gasteiger partial charge is 0.244 e. The van der Waals surface area contributed by atoms with E-state index in [0.29, 0.717) is 11.3 Å². The number of nitrogens with one attached hydrogen (secondary N) is 1. The van der Waals surface area contributed by atoms with E-state index in [2.05, 4.69) is 5.32 Å². The lowest BCUT2D eigenvalue weighted by Crippen LogP contribution is -2.37. The van der Waals surface area contributed by atoms with Gasteiger partial charge in [0.2, 0.25) is 5.91 Å². The minimum Gasteiger partial charge on any atom is -0.458 e. The Hall–Kier alpha value is -2.85. The van der Waals surface area contributed by atoms with Crippen molar-refractivity contribution in [3.05, 3.63) is 78.1 Å². The maximum atomic E-state index is 11.9. The van der Waals surface area contributed by atoms with E-state index in [1.165, 1.54) is 6.08 Å². The van der Waals surface area contributed by atoms with Gasteiger partial charge in [-0.3, -0.25) is 4.79 Å². The molecule has 0 radical (unpaired) electrons. The zero-order chi connectivity index (χ0) is 17.0.